The van der Waals surface area contributed by atoms with E-state index in [4.69, 9.17) is 4.74 Å². The molecule has 0 fully saturated rings. The van der Waals surface area contributed by atoms with Crippen molar-refractivity contribution >= 4 is 33.6 Å². The number of phenols is 1. The van der Waals surface area contributed by atoms with Crippen molar-refractivity contribution in [1.29, 1.82) is 0 Å². The standard InChI is InChI=1S/C36H28BrF2N3O5S/c37-24-11-10-22(17-43)23(14-24)16-40-20-42(41-13-12-28(44)35(34(41)36(40)46)47-18-21-6-2-1-3-7-21)33-25-8-4-5-9-30(25)48-19-26-31(33)29(45)15-27(38)32(26)39/h1-15,33,43,45H,16-20H2. The quantitative estimate of drug-likeness (QED) is 0.195. The van der Waals surface area contributed by atoms with E-state index in [0.29, 0.717) is 16.7 Å². The predicted octanol–water partition coefficient (Wildman–Crippen LogP) is 6.61. The van der Waals surface area contributed by atoms with Crippen molar-refractivity contribution < 1.29 is 28.5 Å². The molecular formula is C36H28BrF2N3O5S. The highest BCUT2D eigenvalue weighted by molar-refractivity contribution is 9.10. The highest BCUT2D eigenvalue weighted by Crippen LogP contribution is 2.47. The number of aliphatic hydroxyl groups excluding tert-OH is 1. The van der Waals surface area contributed by atoms with Crippen LogP contribution in [0.2, 0.25) is 0 Å². The molecule has 2 N–H and O–H groups in total. The van der Waals surface area contributed by atoms with E-state index in [1.165, 1.54) is 33.6 Å². The summed E-state index contributed by atoms with van der Waals surface area (Å²) in [6.07, 6.45) is 1.46. The van der Waals surface area contributed by atoms with Crippen LogP contribution in [0, 0.1) is 11.6 Å². The highest BCUT2D eigenvalue weighted by Gasteiger charge is 2.41. The van der Waals surface area contributed by atoms with Crippen LogP contribution in [0.3, 0.4) is 0 Å². The first-order valence-corrected chi connectivity index (χ1v) is 16.8. The van der Waals surface area contributed by atoms with Crippen LogP contribution in [0.4, 0.5) is 8.78 Å². The number of halogens is 3. The summed E-state index contributed by atoms with van der Waals surface area (Å²) in [4.78, 5) is 30.2. The normalized spacial score (nSPS) is 15.4. The Bertz CT molecular complexity index is 2110. The molecule has 1 atom stereocenters. The minimum atomic E-state index is -1.17. The smallest absolute Gasteiger partial charge is 0.278 e. The molecule has 7 rings (SSSR count). The third kappa shape index (κ3) is 5.73. The number of aliphatic hydroxyl groups is 1. The number of carbonyl (C=O) groups excluding carboxylic acids is 1. The van der Waals surface area contributed by atoms with Crippen LogP contribution >= 0.6 is 27.7 Å². The first kappa shape index (κ1) is 31.9. The number of hydrogen-bond donors (Lipinski definition) is 2. The molecule has 48 heavy (non-hydrogen) atoms. The largest absolute Gasteiger partial charge is 0.507 e. The SMILES string of the molecule is O=C1c2c(OCc3ccccc3)c(=O)ccn2N(C2c3ccccc3SCc3c(F)c(F)cc(O)c32)CN1Cc1cc(Br)ccc1CO. The van der Waals surface area contributed by atoms with Crippen LogP contribution in [-0.2, 0) is 25.5 Å². The molecular weight excluding hydrogens is 704 g/mol. The van der Waals surface area contributed by atoms with Gasteiger partial charge in [-0.05, 0) is 40.5 Å². The van der Waals surface area contributed by atoms with Crippen molar-refractivity contribution in [1.82, 2.24) is 9.58 Å². The van der Waals surface area contributed by atoms with Crippen LogP contribution in [0.25, 0.3) is 0 Å². The van der Waals surface area contributed by atoms with Gasteiger partial charge in [-0.15, -0.1) is 11.8 Å². The fourth-order valence-corrected chi connectivity index (χ4v) is 7.76. The van der Waals surface area contributed by atoms with Crippen molar-refractivity contribution in [3.05, 3.63) is 157 Å². The van der Waals surface area contributed by atoms with Crippen LogP contribution in [0.15, 0.2) is 105 Å². The zero-order valence-electron chi connectivity index (χ0n) is 25.3. The van der Waals surface area contributed by atoms with Gasteiger partial charge in [0.25, 0.3) is 5.91 Å². The summed E-state index contributed by atoms with van der Waals surface area (Å²) in [5, 5.41) is 23.1. The number of ether oxygens (including phenoxy) is 1. The second-order valence-corrected chi connectivity index (χ2v) is 13.4. The lowest BCUT2D eigenvalue weighted by atomic mass is 9.92. The molecule has 1 aromatic heterocycles. The van der Waals surface area contributed by atoms with Crippen molar-refractivity contribution in [3.8, 4) is 11.5 Å². The number of aromatic nitrogens is 1. The predicted molar refractivity (Wildman–Crippen MR) is 180 cm³/mol. The van der Waals surface area contributed by atoms with E-state index in [-0.39, 0.29) is 54.8 Å². The van der Waals surface area contributed by atoms with E-state index in [2.05, 4.69) is 15.9 Å². The van der Waals surface area contributed by atoms with Gasteiger partial charge in [-0.2, -0.15) is 0 Å². The number of thioether (sulfide) groups is 1. The minimum absolute atomic E-state index is 0.000136. The van der Waals surface area contributed by atoms with Gasteiger partial charge in [0.2, 0.25) is 5.43 Å². The van der Waals surface area contributed by atoms with Gasteiger partial charge in [0, 0.05) is 51.1 Å². The van der Waals surface area contributed by atoms with E-state index < -0.39 is 34.8 Å². The number of rotatable bonds is 7. The lowest BCUT2D eigenvalue weighted by Crippen LogP contribution is -2.55. The number of amides is 1. The van der Waals surface area contributed by atoms with Crippen molar-refractivity contribution in [3.63, 3.8) is 0 Å². The number of hydrogen-bond acceptors (Lipinski definition) is 7. The maximum absolute atomic E-state index is 15.6. The Balaban J connectivity index is 1.45. The number of fused-ring (bicyclic) bond motifs is 3. The topological polar surface area (TPSA) is 95.2 Å². The average molecular weight is 733 g/mol. The van der Waals surface area contributed by atoms with Crippen molar-refractivity contribution in [2.45, 2.75) is 36.4 Å². The first-order valence-electron chi connectivity index (χ1n) is 15.0. The zero-order chi connectivity index (χ0) is 33.5. The molecule has 0 saturated heterocycles. The molecule has 1 amide bonds. The lowest BCUT2D eigenvalue weighted by molar-refractivity contribution is 0.0660. The number of benzene rings is 4. The first-order chi connectivity index (χ1) is 23.2. The second kappa shape index (κ2) is 13.1. The second-order valence-electron chi connectivity index (χ2n) is 11.4. The number of carbonyl (C=O) groups is 1. The number of aromatic hydroxyl groups is 1. The lowest BCUT2D eigenvalue weighted by Gasteiger charge is -2.44. The van der Waals surface area contributed by atoms with Crippen LogP contribution in [-0.4, -0.2) is 32.4 Å². The molecule has 12 heteroatoms. The van der Waals surface area contributed by atoms with E-state index >= 15 is 4.39 Å². The van der Waals surface area contributed by atoms with Crippen LogP contribution in [0.5, 0.6) is 11.5 Å². The third-order valence-corrected chi connectivity index (χ3v) is 10.1. The maximum atomic E-state index is 15.6. The molecule has 0 spiro atoms. The monoisotopic (exact) mass is 731 g/mol. The third-order valence-electron chi connectivity index (χ3n) is 8.54. The molecule has 0 aliphatic carbocycles. The molecule has 5 aromatic rings. The molecule has 0 radical (unpaired) electrons. The summed E-state index contributed by atoms with van der Waals surface area (Å²) in [5.41, 5.74) is 2.30. The van der Waals surface area contributed by atoms with Crippen LogP contribution < -0.4 is 15.2 Å². The molecule has 244 valence electrons. The van der Waals surface area contributed by atoms with E-state index in [9.17, 15) is 24.2 Å². The molecule has 0 saturated carbocycles. The summed E-state index contributed by atoms with van der Waals surface area (Å²) in [7, 11) is 0. The van der Waals surface area contributed by atoms with Crippen LogP contribution in [0.1, 0.15) is 49.9 Å². The van der Waals surface area contributed by atoms with E-state index in [0.717, 1.165) is 21.0 Å². The Morgan fingerprint density at radius 1 is 0.958 bits per heavy atom. The molecule has 0 bridgehead atoms. The average Bonchev–Trinajstić information content (AvgIpc) is 3.26. The molecule has 2 aliphatic rings. The van der Waals surface area contributed by atoms with E-state index in [1.807, 2.05) is 54.6 Å². The number of nitrogens with zero attached hydrogens (tertiary/aromatic N) is 3. The van der Waals surface area contributed by atoms with Crippen molar-refractivity contribution in [2.24, 2.45) is 0 Å². The van der Waals surface area contributed by atoms with Gasteiger partial charge in [0.05, 0.1) is 6.61 Å². The molecule has 1 unspecified atom stereocenters. The Morgan fingerprint density at radius 3 is 2.52 bits per heavy atom. The fourth-order valence-electron chi connectivity index (χ4n) is 6.25. The maximum Gasteiger partial charge on any atom is 0.278 e. The van der Waals surface area contributed by atoms with Crippen molar-refractivity contribution in [2.75, 3.05) is 11.7 Å². The van der Waals surface area contributed by atoms with Gasteiger partial charge >= 0.3 is 0 Å². The molecule has 8 nitrogen and oxygen atoms in total. The van der Waals surface area contributed by atoms with Gasteiger partial charge in [-0.25, -0.2) is 8.78 Å². The van der Waals surface area contributed by atoms with Gasteiger partial charge in [0.15, 0.2) is 23.1 Å². The number of pyridine rings is 1. The molecule has 2 aliphatic heterocycles. The van der Waals surface area contributed by atoms with Gasteiger partial charge in [-0.1, -0.05) is 70.5 Å². The fraction of sp³-hybridized carbons (Fsp3) is 0.167. The zero-order valence-corrected chi connectivity index (χ0v) is 27.7. The highest BCUT2D eigenvalue weighted by atomic mass is 79.9. The summed E-state index contributed by atoms with van der Waals surface area (Å²) in [5.74, 6) is -3.31. The Hall–Kier alpha value is -4.65. The summed E-state index contributed by atoms with van der Waals surface area (Å²) in [6, 6.07) is 23.1. The van der Waals surface area contributed by atoms with E-state index in [1.54, 1.807) is 23.2 Å². The Morgan fingerprint density at radius 2 is 1.73 bits per heavy atom. The van der Waals surface area contributed by atoms with Gasteiger partial charge < -0.3 is 19.8 Å². The summed E-state index contributed by atoms with van der Waals surface area (Å²) in [6.45, 7) is -0.315. The summed E-state index contributed by atoms with van der Waals surface area (Å²) >= 11 is 4.79. The Kier molecular flexibility index (Phi) is 8.71. The Labute approximate surface area is 286 Å². The van der Waals surface area contributed by atoms with Gasteiger partial charge in [0.1, 0.15) is 25.1 Å². The molecule has 3 heterocycles. The summed E-state index contributed by atoms with van der Waals surface area (Å²) < 4.78 is 38.6. The molecule has 4 aromatic carbocycles. The van der Waals surface area contributed by atoms with Gasteiger partial charge in [-0.3, -0.25) is 19.3 Å². The number of phenolic OH excluding ortho intramolecular Hbond substituents is 1. The minimum Gasteiger partial charge on any atom is -0.507 e.